The van der Waals surface area contributed by atoms with Gasteiger partial charge in [0.15, 0.2) is 0 Å². The Bertz CT molecular complexity index is 357. The number of aliphatic hydroxyl groups excluding tert-OH is 1. The van der Waals surface area contributed by atoms with Crippen molar-refractivity contribution in [2.75, 3.05) is 38.1 Å². The lowest BCUT2D eigenvalue weighted by Crippen LogP contribution is -2.44. The molecule has 1 heterocycles. The Hall–Kier alpha value is -1.06. The van der Waals surface area contributed by atoms with E-state index in [1.807, 2.05) is 6.92 Å². The molecule has 3 nitrogen and oxygen atoms in total. The van der Waals surface area contributed by atoms with Crippen LogP contribution in [-0.2, 0) is 6.61 Å². The molecule has 1 saturated heterocycles. The fourth-order valence-corrected chi connectivity index (χ4v) is 2.09. The summed E-state index contributed by atoms with van der Waals surface area (Å²) in [5.41, 5.74) is 3.44. The molecule has 0 bridgehead atoms. The van der Waals surface area contributed by atoms with Gasteiger partial charge < -0.3 is 14.9 Å². The third-order valence-corrected chi connectivity index (χ3v) is 3.37. The van der Waals surface area contributed by atoms with Crippen molar-refractivity contribution >= 4 is 5.69 Å². The van der Waals surface area contributed by atoms with Crippen molar-refractivity contribution in [3.05, 3.63) is 29.3 Å². The average Bonchev–Trinajstić information content (AvgIpc) is 2.31. The molecule has 1 aliphatic heterocycles. The molecule has 2 rings (SSSR count). The van der Waals surface area contributed by atoms with E-state index in [9.17, 15) is 5.11 Å². The van der Waals surface area contributed by atoms with E-state index < -0.39 is 0 Å². The second kappa shape index (κ2) is 4.85. The molecule has 1 aromatic carbocycles. The second-order valence-corrected chi connectivity index (χ2v) is 4.56. The maximum absolute atomic E-state index is 9.26. The molecule has 1 fully saturated rings. The van der Waals surface area contributed by atoms with E-state index in [0.717, 1.165) is 31.7 Å². The van der Waals surface area contributed by atoms with Crippen molar-refractivity contribution in [3.63, 3.8) is 0 Å². The maximum Gasteiger partial charge on any atom is 0.0685 e. The number of rotatable bonds is 2. The van der Waals surface area contributed by atoms with Crippen LogP contribution >= 0.6 is 0 Å². The molecule has 1 aliphatic rings. The highest BCUT2D eigenvalue weighted by molar-refractivity contribution is 5.51. The highest BCUT2D eigenvalue weighted by atomic mass is 16.3. The van der Waals surface area contributed by atoms with Crippen LogP contribution in [0.4, 0.5) is 5.69 Å². The number of hydrogen-bond acceptors (Lipinski definition) is 3. The predicted molar refractivity (Wildman–Crippen MR) is 66.8 cm³/mol. The Kier molecular flexibility index (Phi) is 3.46. The first-order valence-electron chi connectivity index (χ1n) is 5.84. The summed E-state index contributed by atoms with van der Waals surface area (Å²) in [4.78, 5) is 4.73. The van der Waals surface area contributed by atoms with Crippen LogP contribution in [0.15, 0.2) is 18.2 Å². The van der Waals surface area contributed by atoms with E-state index in [2.05, 4.69) is 35.0 Å². The van der Waals surface area contributed by atoms with E-state index in [1.165, 1.54) is 11.3 Å². The highest BCUT2D eigenvalue weighted by Gasteiger charge is 2.14. The van der Waals surface area contributed by atoms with Gasteiger partial charge in [-0.25, -0.2) is 0 Å². The zero-order valence-electron chi connectivity index (χ0n) is 10.1. The molecule has 0 unspecified atom stereocenters. The minimum absolute atomic E-state index is 0.132. The summed E-state index contributed by atoms with van der Waals surface area (Å²) in [5, 5.41) is 9.26. The number of nitrogens with zero attached hydrogens (tertiary/aromatic N) is 2. The molecule has 88 valence electrons. The summed E-state index contributed by atoms with van der Waals surface area (Å²) in [6.45, 7) is 6.55. The molecule has 0 saturated carbocycles. The largest absolute Gasteiger partial charge is 0.392 e. The van der Waals surface area contributed by atoms with E-state index in [4.69, 9.17) is 0 Å². The number of aryl methyl sites for hydroxylation is 1. The van der Waals surface area contributed by atoms with Crippen LogP contribution in [0.3, 0.4) is 0 Å². The average molecular weight is 220 g/mol. The molecule has 0 aliphatic carbocycles. The van der Waals surface area contributed by atoms with E-state index in [1.54, 1.807) is 0 Å². The van der Waals surface area contributed by atoms with Gasteiger partial charge in [0.25, 0.3) is 0 Å². The van der Waals surface area contributed by atoms with Crippen LogP contribution in [0, 0.1) is 6.92 Å². The van der Waals surface area contributed by atoms with Gasteiger partial charge in [-0.3, -0.25) is 0 Å². The Morgan fingerprint density at radius 3 is 2.50 bits per heavy atom. The molecule has 0 spiro atoms. The van der Waals surface area contributed by atoms with Crippen molar-refractivity contribution in [1.29, 1.82) is 0 Å². The van der Waals surface area contributed by atoms with Gasteiger partial charge in [0, 0.05) is 31.9 Å². The third kappa shape index (κ3) is 2.36. The van der Waals surface area contributed by atoms with Crippen molar-refractivity contribution in [3.8, 4) is 0 Å². The maximum atomic E-state index is 9.26. The Morgan fingerprint density at radius 2 is 1.88 bits per heavy atom. The van der Waals surface area contributed by atoms with E-state index in [0.29, 0.717) is 0 Å². The molecule has 1 N–H and O–H groups in total. The van der Waals surface area contributed by atoms with Gasteiger partial charge in [-0.05, 0) is 37.2 Å². The fraction of sp³-hybridized carbons (Fsp3) is 0.538. The number of aliphatic hydroxyl groups is 1. The van der Waals surface area contributed by atoms with E-state index in [-0.39, 0.29) is 6.61 Å². The number of hydrogen-bond donors (Lipinski definition) is 1. The lowest BCUT2D eigenvalue weighted by Gasteiger charge is -2.34. The molecule has 0 atom stereocenters. The van der Waals surface area contributed by atoms with Gasteiger partial charge in [0.2, 0.25) is 0 Å². The van der Waals surface area contributed by atoms with Crippen LogP contribution in [0.1, 0.15) is 11.1 Å². The van der Waals surface area contributed by atoms with Gasteiger partial charge in [-0.1, -0.05) is 6.07 Å². The Balaban J connectivity index is 2.14. The monoisotopic (exact) mass is 220 g/mol. The van der Waals surface area contributed by atoms with Crippen molar-refractivity contribution in [2.24, 2.45) is 0 Å². The normalized spacial score (nSPS) is 17.8. The zero-order valence-corrected chi connectivity index (χ0v) is 10.1. The second-order valence-electron chi connectivity index (χ2n) is 4.56. The van der Waals surface area contributed by atoms with Gasteiger partial charge in [0.05, 0.1) is 6.61 Å². The predicted octanol–water partition coefficient (Wildman–Crippen LogP) is 1.24. The number of likely N-dealkylation sites (N-methyl/N-ethyl adjacent to an activating group) is 1. The van der Waals surface area contributed by atoms with Gasteiger partial charge in [-0.15, -0.1) is 0 Å². The van der Waals surface area contributed by atoms with Gasteiger partial charge in [0.1, 0.15) is 0 Å². The third-order valence-electron chi connectivity index (χ3n) is 3.37. The molecule has 1 aromatic rings. The number of benzene rings is 1. The first kappa shape index (κ1) is 11.4. The standard InChI is InChI=1S/C13H20N2O/c1-11-3-4-13(9-12(11)10-16)15-7-5-14(2)6-8-15/h3-4,9,16H,5-8,10H2,1-2H3. The fourth-order valence-electron chi connectivity index (χ4n) is 2.09. The lowest BCUT2D eigenvalue weighted by atomic mass is 10.1. The molecular formula is C13H20N2O. The van der Waals surface area contributed by atoms with Crippen molar-refractivity contribution in [1.82, 2.24) is 4.90 Å². The quantitative estimate of drug-likeness (QED) is 0.812. The molecule has 0 amide bonds. The van der Waals surface area contributed by atoms with E-state index >= 15 is 0 Å². The molecular weight excluding hydrogens is 200 g/mol. The minimum atomic E-state index is 0.132. The van der Waals surface area contributed by atoms with Gasteiger partial charge in [-0.2, -0.15) is 0 Å². The smallest absolute Gasteiger partial charge is 0.0685 e. The Morgan fingerprint density at radius 1 is 1.19 bits per heavy atom. The topological polar surface area (TPSA) is 26.7 Å². The van der Waals surface area contributed by atoms with Crippen LogP contribution in [-0.4, -0.2) is 43.2 Å². The summed E-state index contributed by atoms with van der Waals surface area (Å²) in [6, 6.07) is 6.36. The SMILES string of the molecule is Cc1ccc(N2CCN(C)CC2)cc1CO. The van der Waals surface area contributed by atoms with Gasteiger partial charge >= 0.3 is 0 Å². The minimum Gasteiger partial charge on any atom is -0.392 e. The van der Waals surface area contributed by atoms with Crippen LogP contribution < -0.4 is 4.90 Å². The first-order chi connectivity index (χ1) is 7.70. The summed E-state index contributed by atoms with van der Waals surface area (Å²) >= 11 is 0. The Labute approximate surface area is 97.3 Å². The summed E-state index contributed by atoms with van der Waals surface area (Å²) in [7, 11) is 2.16. The zero-order chi connectivity index (χ0) is 11.5. The molecule has 0 aromatic heterocycles. The summed E-state index contributed by atoms with van der Waals surface area (Å²) in [5.74, 6) is 0. The first-order valence-corrected chi connectivity index (χ1v) is 5.84. The molecule has 0 radical (unpaired) electrons. The van der Waals surface area contributed by atoms with Crippen LogP contribution in [0.25, 0.3) is 0 Å². The van der Waals surface area contributed by atoms with Crippen LogP contribution in [0.2, 0.25) is 0 Å². The van der Waals surface area contributed by atoms with Crippen molar-refractivity contribution < 1.29 is 5.11 Å². The molecule has 3 heteroatoms. The van der Waals surface area contributed by atoms with Crippen molar-refractivity contribution in [2.45, 2.75) is 13.5 Å². The summed E-state index contributed by atoms with van der Waals surface area (Å²) < 4.78 is 0. The molecule has 16 heavy (non-hydrogen) atoms. The summed E-state index contributed by atoms with van der Waals surface area (Å²) in [6.07, 6.45) is 0. The number of piperazine rings is 1. The highest BCUT2D eigenvalue weighted by Crippen LogP contribution is 2.20. The number of anilines is 1. The van der Waals surface area contributed by atoms with Crippen LogP contribution in [0.5, 0.6) is 0 Å². The lowest BCUT2D eigenvalue weighted by molar-refractivity contribution is 0.281.